The number of amides is 2. The number of nitrogens with one attached hydrogen (secondary N) is 3. The number of ether oxygens (including phenoxy) is 1. The average molecular weight is 440 g/mol. The third-order valence-electron chi connectivity index (χ3n) is 4.99. The molecule has 32 heavy (non-hydrogen) atoms. The molecule has 0 saturated carbocycles. The van der Waals surface area contributed by atoms with Crippen molar-refractivity contribution in [1.82, 2.24) is 0 Å². The number of hydrogen-bond acceptors (Lipinski definition) is 4. The van der Waals surface area contributed by atoms with Crippen LogP contribution in [0.5, 0.6) is 5.75 Å². The Morgan fingerprint density at radius 1 is 0.750 bits per heavy atom. The summed E-state index contributed by atoms with van der Waals surface area (Å²) in [5.74, 6) is 0.620. The van der Waals surface area contributed by atoms with E-state index in [9.17, 15) is 9.59 Å². The summed E-state index contributed by atoms with van der Waals surface area (Å²) in [7, 11) is 0. The molecule has 0 aliphatic carbocycles. The molecule has 6 nitrogen and oxygen atoms in total. The van der Waals surface area contributed by atoms with E-state index in [-0.39, 0.29) is 18.4 Å². The Kier molecular flexibility index (Phi) is 11.7. The summed E-state index contributed by atoms with van der Waals surface area (Å²) in [6.07, 6.45) is 8.19. The molecule has 0 saturated heterocycles. The van der Waals surface area contributed by atoms with Crippen LogP contribution in [0.1, 0.15) is 65.2 Å². The maximum absolute atomic E-state index is 12.4. The highest BCUT2D eigenvalue weighted by molar-refractivity contribution is 5.94. The van der Waals surface area contributed by atoms with Crippen molar-refractivity contribution in [3.63, 3.8) is 0 Å². The minimum atomic E-state index is -0.154. The van der Waals surface area contributed by atoms with Gasteiger partial charge in [-0.15, -0.1) is 0 Å². The van der Waals surface area contributed by atoms with Gasteiger partial charge in [-0.2, -0.15) is 0 Å². The SMILES string of the molecule is CCCCCCOc1cccc(NC(=O)CNc2cccc(NC(=O)CCCCC)c2)c1. The minimum absolute atomic E-state index is 0.0146. The first-order valence-electron chi connectivity index (χ1n) is 11.8. The molecule has 2 amide bonds. The van der Waals surface area contributed by atoms with Gasteiger partial charge in [0.15, 0.2) is 0 Å². The highest BCUT2D eigenvalue weighted by atomic mass is 16.5. The fraction of sp³-hybridized carbons (Fsp3) is 0.462. The number of hydrogen-bond donors (Lipinski definition) is 3. The molecule has 0 radical (unpaired) electrons. The molecule has 0 bridgehead atoms. The largest absolute Gasteiger partial charge is 0.494 e. The van der Waals surface area contributed by atoms with Crippen LogP contribution in [0.25, 0.3) is 0 Å². The van der Waals surface area contributed by atoms with Gasteiger partial charge >= 0.3 is 0 Å². The summed E-state index contributed by atoms with van der Waals surface area (Å²) in [5, 5.41) is 8.90. The van der Waals surface area contributed by atoms with Crippen LogP contribution < -0.4 is 20.7 Å². The van der Waals surface area contributed by atoms with Crippen molar-refractivity contribution in [3.8, 4) is 5.75 Å². The smallest absolute Gasteiger partial charge is 0.243 e. The number of benzene rings is 2. The van der Waals surface area contributed by atoms with E-state index in [2.05, 4.69) is 29.8 Å². The van der Waals surface area contributed by atoms with Crippen molar-refractivity contribution in [2.75, 3.05) is 29.1 Å². The van der Waals surface area contributed by atoms with E-state index >= 15 is 0 Å². The number of anilines is 3. The maximum Gasteiger partial charge on any atom is 0.243 e. The molecule has 0 atom stereocenters. The predicted molar refractivity (Wildman–Crippen MR) is 132 cm³/mol. The van der Waals surface area contributed by atoms with Crippen molar-refractivity contribution in [2.24, 2.45) is 0 Å². The zero-order valence-corrected chi connectivity index (χ0v) is 19.4. The minimum Gasteiger partial charge on any atom is -0.494 e. The van der Waals surface area contributed by atoms with E-state index in [1.807, 2.05) is 48.5 Å². The molecule has 174 valence electrons. The second-order valence-corrected chi connectivity index (χ2v) is 7.92. The first-order valence-corrected chi connectivity index (χ1v) is 11.8. The van der Waals surface area contributed by atoms with E-state index in [4.69, 9.17) is 4.74 Å². The summed E-state index contributed by atoms with van der Waals surface area (Å²) in [5.41, 5.74) is 2.20. The van der Waals surface area contributed by atoms with Crippen molar-refractivity contribution < 1.29 is 14.3 Å². The normalized spacial score (nSPS) is 10.4. The number of unbranched alkanes of at least 4 members (excludes halogenated alkanes) is 5. The number of rotatable bonds is 15. The molecule has 3 N–H and O–H groups in total. The van der Waals surface area contributed by atoms with Crippen LogP contribution in [0.4, 0.5) is 17.1 Å². The average Bonchev–Trinajstić information content (AvgIpc) is 2.78. The Labute approximate surface area is 192 Å². The van der Waals surface area contributed by atoms with E-state index in [0.29, 0.717) is 18.7 Å². The zero-order chi connectivity index (χ0) is 23.0. The lowest BCUT2D eigenvalue weighted by Crippen LogP contribution is -2.21. The highest BCUT2D eigenvalue weighted by Gasteiger charge is 2.06. The highest BCUT2D eigenvalue weighted by Crippen LogP contribution is 2.19. The van der Waals surface area contributed by atoms with Gasteiger partial charge in [0.2, 0.25) is 11.8 Å². The van der Waals surface area contributed by atoms with Gasteiger partial charge in [0.25, 0.3) is 0 Å². The molecule has 6 heteroatoms. The summed E-state index contributed by atoms with van der Waals surface area (Å²) in [6.45, 7) is 5.11. The van der Waals surface area contributed by atoms with E-state index in [1.165, 1.54) is 19.3 Å². The van der Waals surface area contributed by atoms with Crippen molar-refractivity contribution in [3.05, 3.63) is 48.5 Å². The molecule has 0 aliphatic heterocycles. The van der Waals surface area contributed by atoms with Gasteiger partial charge < -0.3 is 20.7 Å². The van der Waals surface area contributed by atoms with Gasteiger partial charge in [0, 0.05) is 29.5 Å². The van der Waals surface area contributed by atoms with Crippen molar-refractivity contribution >= 4 is 28.9 Å². The van der Waals surface area contributed by atoms with Crippen LogP contribution in [0.3, 0.4) is 0 Å². The van der Waals surface area contributed by atoms with Gasteiger partial charge in [0.05, 0.1) is 13.2 Å². The third kappa shape index (κ3) is 10.3. The fourth-order valence-corrected chi connectivity index (χ4v) is 3.24. The van der Waals surface area contributed by atoms with E-state index < -0.39 is 0 Å². The van der Waals surface area contributed by atoms with Crippen LogP contribution >= 0.6 is 0 Å². The molecule has 0 heterocycles. The van der Waals surface area contributed by atoms with Gasteiger partial charge in [-0.3, -0.25) is 9.59 Å². The molecule has 2 aromatic carbocycles. The molecule has 0 spiro atoms. The van der Waals surface area contributed by atoms with Gasteiger partial charge in [-0.05, 0) is 43.2 Å². The Hall–Kier alpha value is -3.02. The first kappa shape index (κ1) is 25.2. The summed E-state index contributed by atoms with van der Waals surface area (Å²) in [6, 6.07) is 14.8. The topological polar surface area (TPSA) is 79.5 Å². The maximum atomic E-state index is 12.4. The van der Waals surface area contributed by atoms with Crippen LogP contribution in [0.15, 0.2) is 48.5 Å². The predicted octanol–water partition coefficient (Wildman–Crippen LogP) is 6.22. The molecule has 0 aliphatic rings. The summed E-state index contributed by atoms with van der Waals surface area (Å²) >= 11 is 0. The zero-order valence-electron chi connectivity index (χ0n) is 19.4. The first-order chi connectivity index (χ1) is 15.6. The lowest BCUT2D eigenvalue weighted by atomic mass is 10.2. The van der Waals surface area contributed by atoms with Crippen LogP contribution in [0, 0.1) is 0 Å². The molecule has 2 rings (SSSR count). The number of carbonyl (C=O) groups is 2. The third-order valence-corrected chi connectivity index (χ3v) is 4.99. The summed E-state index contributed by atoms with van der Waals surface area (Å²) in [4.78, 5) is 24.4. The van der Waals surface area contributed by atoms with Crippen LogP contribution in [-0.2, 0) is 9.59 Å². The monoisotopic (exact) mass is 439 g/mol. The van der Waals surface area contributed by atoms with Crippen molar-refractivity contribution in [1.29, 1.82) is 0 Å². The lowest BCUT2D eigenvalue weighted by molar-refractivity contribution is -0.116. The second-order valence-electron chi connectivity index (χ2n) is 7.92. The van der Waals surface area contributed by atoms with Gasteiger partial charge in [-0.1, -0.05) is 58.1 Å². The van der Waals surface area contributed by atoms with Crippen molar-refractivity contribution in [2.45, 2.75) is 65.2 Å². The Morgan fingerprint density at radius 2 is 1.41 bits per heavy atom. The molecular weight excluding hydrogens is 402 g/mol. The molecule has 0 fully saturated rings. The van der Waals surface area contributed by atoms with Gasteiger partial charge in [-0.25, -0.2) is 0 Å². The lowest BCUT2D eigenvalue weighted by Gasteiger charge is -2.11. The summed E-state index contributed by atoms with van der Waals surface area (Å²) < 4.78 is 5.78. The molecule has 0 unspecified atom stereocenters. The molecule has 0 aromatic heterocycles. The van der Waals surface area contributed by atoms with E-state index in [1.54, 1.807) is 0 Å². The number of carbonyl (C=O) groups excluding carboxylic acids is 2. The van der Waals surface area contributed by atoms with Gasteiger partial charge in [0.1, 0.15) is 5.75 Å². The fourth-order valence-electron chi connectivity index (χ4n) is 3.24. The van der Waals surface area contributed by atoms with E-state index in [0.717, 1.165) is 42.8 Å². The standard InChI is InChI=1S/C26H37N3O3/c1-3-5-7-9-17-32-24-15-11-14-23(19-24)29-26(31)20-27-21-12-10-13-22(18-21)28-25(30)16-8-6-4-2/h10-15,18-19,27H,3-9,16-17,20H2,1-2H3,(H,28,30)(H,29,31). The Morgan fingerprint density at radius 3 is 2.19 bits per heavy atom. The Balaban J connectivity index is 1.77. The Bertz CT molecular complexity index is 839. The van der Waals surface area contributed by atoms with Crippen LogP contribution in [-0.4, -0.2) is 25.0 Å². The molecule has 2 aromatic rings. The molecular formula is C26H37N3O3. The second kappa shape index (κ2) is 14.9. The van der Waals surface area contributed by atoms with Crippen LogP contribution in [0.2, 0.25) is 0 Å². The quantitative estimate of drug-likeness (QED) is 0.288.